The lowest BCUT2D eigenvalue weighted by Crippen LogP contribution is -2.46. The lowest BCUT2D eigenvalue weighted by atomic mass is 10.0. The summed E-state index contributed by atoms with van der Waals surface area (Å²) in [5, 5.41) is 2.97. The molecule has 2 rings (SSSR count). The molecule has 28 heavy (non-hydrogen) atoms. The summed E-state index contributed by atoms with van der Waals surface area (Å²) in [4.78, 5) is 25.2. The number of methoxy groups -OCH3 is 1. The van der Waals surface area contributed by atoms with E-state index in [1.807, 2.05) is 0 Å². The van der Waals surface area contributed by atoms with E-state index in [1.54, 1.807) is 17.0 Å². The molecule has 1 heterocycles. The molecule has 0 saturated carbocycles. The zero-order valence-corrected chi connectivity index (χ0v) is 16.0. The number of rotatable bonds is 7. The van der Waals surface area contributed by atoms with E-state index in [9.17, 15) is 22.8 Å². The van der Waals surface area contributed by atoms with Crippen LogP contribution in [0.1, 0.15) is 31.7 Å². The van der Waals surface area contributed by atoms with Gasteiger partial charge in [0.25, 0.3) is 0 Å². The van der Waals surface area contributed by atoms with Crippen LogP contribution in [-0.4, -0.2) is 55.7 Å². The van der Waals surface area contributed by atoms with E-state index in [1.165, 1.54) is 20.1 Å². The standard InChI is InChI=1S/C19H25F3N2O4/c1-13(25)24-9-7-15(8-10-24)23-18(26)6-4-14-3-5-16(17(11-14)27-2)28-12-19(20,21)22/h3,5,11,15H,4,6-10,12H2,1-2H3,(H,23,26). The molecule has 0 bridgehead atoms. The molecule has 0 radical (unpaired) electrons. The van der Waals surface area contributed by atoms with Gasteiger partial charge in [0.1, 0.15) is 0 Å². The van der Waals surface area contributed by atoms with Gasteiger partial charge in [0.2, 0.25) is 11.8 Å². The smallest absolute Gasteiger partial charge is 0.422 e. The second kappa shape index (κ2) is 9.66. The van der Waals surface area contributed by atoms with E-state index >= 15 is 0 Å². The van der Waals surface area contributed by atoms with Crippen LogP contribution in [0, 0.1) is 0 Å². The van der Waals surface area contributed by atoms with Crippen LogP contribution in [0.15, 0.2) is 18.2 Å². The molecule has 1 N–H and O–H groups in total. The first-order valence-electron chi connectivity index (χ1n) is 9.09. The lowest BCUT2D eigenvalue weighted by Gasteiger charge is -2.31. The molecule has 1 aromatic carbocycles. The largest absolute Gasteiger partial charge is 0.493 e. The predicted octanol–water partition coefficient (Wildman–Crippen LogP) is 2.70. The maximum absolute atomic E-state index is 12.3. The Morgan fingerprint density at radius 1 is 1.21 bits per heavy atom. The minimum absolute atomic E-state index is 0.00487. The second-order valence-corrected chi connectivity index (χ2v) is 6.74. The summed E-state index contributed by atoms with van der Waals surface area (Å²) in [5.41, 5.74) is 0.762. The number of benzene rings is 1. The van der Waals surface area contributed by atoms with Crippen molar-refractivity contribution in [2.45, 2.75) is 44.8 Å². The fraction of sp³-hybridized carbons (Fsp3) is 0.579. The maximum Gasteiger partial charge on any atom is 0.422 e. The van der Waals surface area contributed by atoms with Gasteiger partial charge in [0.05, 0.1) is 7.11 Å². The van der Waals surface area contributed by atoms with E-state index < -0.39 is 12.8 Å². The van der Waals surface area contributed by atoms with Crippen LogP contribution in [0.5, 0.6) is 11.5 Å². The second-order valence-electron chi connectivity index (χ2n) is 6.74. The first kappa shape index (κ1) is 21.8. The minimum Gasteiger partial charge on any atom is -0.493 e. The van der Waals surface area contributed by atoms with Crippen molar-refractivity contribution in [3.8, 4) is 11.5 Å². The van der Waals surface area contributed by atoms with E-state index in [4.69, 9.17) is 9.47 Å². The van der Waals surface area contributed by atoms with Crippen molar-refractivity contribution in [2.24, 2.45) is 0 Å². The maximum atomic E-state index is 12.3. The van der Waals surface area contributed by atoms with Gasteiger partial charge in [-0.15, -0.1) is 0 Å². The molecular weight excluding hydrogens is 377 g/mol. The highest BCUT2D eigenvalue weighted by atomic mass is 19.4. The van der Waals surface area contributed by atoms with Crippen molar-refractivity contribution in [3.63, 3.8) is 0 Å². The van der Waals surface area contributed by atoms with Crippen molar-refractivity contribution in [3.05, 3.63) is 23.8 Å². The Balaban J connectivity index is 1.82. The van der Waals surface area contributed by atoms with Crippen LogP contribution in [0.3, 0.4) is 0 Å². The molecule has 0 aliphatic carbocycles. The third kappa shape index (κ3) is 6.94. The Kier molecular flexibility index (Phi) is 7.53. The topological polar surface area (TPSA) is 67.9 Å². The number of carbonyl (C=O) groups excluding carboxylic acids is 2. The molecule has 1 aromatic rings. The van der Waals surface area contributed by atoms with Crippen molar-refractivity contribution in [1.29, 1.82) is 0 Å². The molecule has 0 aromatic heterocycles. The predicted molar refractivity (Wildman–Crippen MR) is 96.3 cm³/mol. The third-order valence-corrected chi connectivity index (χ3v) is 4.57. The summed E-state index contributed by atoms with van der Waals surface area (Å²) in [6.45, 7) is 1.41. The van der Waals surface area contributed by atoms with Crippen LogP contribution in [0.4, 0.5) is 13.2 Å². The Morgan fingerprint density at radius 3 is 2.46 bits per heavy atom. The molecule has 1 fully saturated rings. The fourth-order valence-electron chi connectivity index (χ4n) is 3.04. The first-order valence-corrected chi connectivity index (χ1v) is 9.09. The summed E-state index contributed by atoms with van der Waals surface area (Å²) in [7, 11) is 1.35. The zero-order chi connectivity index (χ0) is 20.7. The zero-order valence-electron chi connectivity index (χ0n) is 16.0. The number of carbonyl (C=O) groups is 2. The van der Waals surface area contributed by atoms with Gasteiger partial charge in [-0.1, -0.05) is 6.07 Å². The van der Waals surface area contributed by atoms with Crippen LogP contribution in [-0.2, 0) is 16.0 Å². The number of alkyl halides is 3. The van der Waals surface area contributed by atoms with Crippen molar-refractivity contribution in [2.75, 3.05) is 26.8 Å². The van der Waals surface area contributed by atoms with Gasteiger partial charge in [-0.25, -0.2) is 0 Å². The van der Waals surface area contributed by atoms with Gasteiger partial charge in [-0.3, -0.25) is 9.59 Å². The van der Waals surface area contributed by atoms with Gasteiger partial charge in [0.15, 0.2) is 18.1 Å². The van der Waals surface area contributed by atoms with Gasteiger partial charge in [0, 0.05) is 32.5 Å². The van der Waals surface area contributed by atoms with E-state index in [2.05, 4.69) is 5.32 Å². The number of ether oxygens (including phenoxy) is 2. The van der Waals surface area contributed by atoms with Gasteiger partial charge >= 0.3 is 6.18 Å². The number of hydrogen-bond acceptors (Lipinski definition) is 4. The number of likely N-dealkylation sites (tertiary alicyclic amines) is 1. The minimum atomic E-state index is -4.43. The van der Waals surface area contributed by atoms with Crippen LogP contribution in [0.2, 0.25) is 0 Å². The summed E-state index contributed by atoms with van der Waals surface area (Å²) >= 11 is 0. The van der Waals surface area contributed by atoms with Crippen LogP contribution >= 0.6 is 0 Å². The number of amides is 2. The van der Waals surface area contributed by atoms with Crippen LogP contribution < -0.4 is 14.8 Å². The highest BCUT2D eigenvalue weighted by molar-refractivity contribution is 5.76. The summed E-state index contributed by atoms with van der Waals surface area (Å²) in [5.74, 6) is 0.142. The SMILES string of the molecule is COc1cc(CCC(=O)NC2CCN(C(C)=O)CC2)ccc1OCC(F)(F)F. The Hall–Kier alpha value is -2.45. The molecule has 9 heteroatoms. The van der Waals surface area contributed by atoms with Gasteiger partial charge in [-0.2, -0.15) is 13.2 Å². The summed E-state index contributed by atoms with van der Waals surface area (Å²) in [6.07, 6.45) is -2.30. The third-order valence-electron chi connectivity index (χ3n) is 4.57. The molecular formula is C19H25F3N2O4. The highest BCUT2D eigenvalue weighted by Crippen LogP contribution is 2.30. The Bertz CT molecular complexity index is 686. The van der Waals surface area contributed by atoms with Crippen molar-refractivity contribution >= 4 is 11.8 Å². The monoisotopic (exact) mass is 402 g/mol. The lowest BCUT2D eigenvalue weighted by molar-refractivity contribution is -0.153. The Morgan fingerprint density at radius 2 is 1.89 bits per heavy atom. The average Bonchev–Trinajstić information content (AvgIpc) is 2.64. The quantitative estimate of drug-likeness (QED) is 0.762. The van der Waals surface area contributed by atoms with Crippen LogP contribution in [0.25, 0.3) is 0 Å². The molecule has 156 valence electrons. The average molecular weight is 402 g/mol. The van der Waals surface area contributed by atoms with E-state index in [0.29, 0.717) is 19.5 Å². The molecule has 0 spiro atoms. The normalized spacial score (nSPS) is 15.2. The molecule has 1 aliphatic heterocycles. The molecule has 1 aliphatic rings. The number of nitrogens with one attached hydrogen (secondary N) is 1. The van der Waals surface area contributed by atoms with Gasteiger partial charge in [-0.05, 0) is 37.0 Å². The molecule has 0 unspecified atom stereocenters. The number of nitrogens with zero attached hydrogens (tertiary/aromatic N) is 1. The highest BCUT2D eigenvalue weighted by Gasteiger charge is 2.29. The Labute approximate surface area is 162 Å². The first-order chi connectivity index (χ1) is 13.2. The fourth-order valence-corrected chi connectivity index (χ4v) is 3.04. The molecule has 6 nitrogen and oxygen atoms in total. The summed E-state index contributed by atoms with van der Waals surface area (Å²) in [6, 6.07) is 4.66. The molecule has 0 atom stereocenters. The van der Waals surface area contributed by atoms with E-state index in [-0.39, 0.29) is 35.8 Å². The molecule has 2 amide bonds. The summed E-state index contributed by atoms with van der Waals surface area (Å²) < 4.78 is 46.7. The number of hydrogen-bond donors (Lipinski definition) is 1. The number of piperidine rings is 1. The van der Waals surface area contributed by atoms with Gasteiger partial charge < -0.3 is 19.7 Å². The molecule has 1 saturated heterocycles. The number of aryl methyl sites for hydroxylation is 1. The number of halogens is 3. The van der Waals surface area contributed by atoms with Crippen molar-refractivity contribution < 1.29 is 32.2 Å². The van der Waals surface area contributed by atoms with Crippen molar-refractivity contribution in [1.82, 2.24) is 10.2 Å². The van der Waals surface area contributed by atoms with E-state index in [0.717, 1.165) is 18.4 Å².